The summed E-state index contributed by atoms with van der Waals surface area (Å²) < 4.78 is 45.1. The standard InChI is InChI=1S/C13H14BF3NO2/c1-13(2,3)20-12(19)18-8-10(14(15,16)17)9-6-4-5-7-11(9)18/h4-8H,1-3H3/q-1. The van der Waals surface area contributed by atoms with Crippen LogP contribution in [-0.4, -0.2) is 23.2 Å². The van der Waals surface area contributed by atoms with Crippen molar-refractivity contribution in [2.45, 2.75) is 26.4 Å². The molecule has 1 heterocycles. The number of ether oxygens (including phenoxy) is 1. The van der Waals surface area contributed by atoms with Gasteiger partial charge in [-0.05, 0) is 38.4 Å². The number of aromatic nitrogens is 1. The first-order valence-electron chi connectivity index (χ1n) is 6.13. The molecule has 0 saturated heterocycles. The number of hydrogen-bond donors (Lipinski definition) is 0. The van der Waals surface area contributed by atoms with Gasteiger partial charge in [-0.3, -0.25) is 4.57 Å². The summed E-state index contributed by atoms with van der Waals surface area (Å²) in [4.78, 5) is 12.0. The second-order valence-electron chi connectivity index (χ2n) is 5.53. The van der Waals surface area contributed by atoms with Gasteiger partial charge in [-0.25, -0.2) is 4.79 Å². The minimum atomic E-state index is -5.19. The lowest BCUT2D eigenvalue weighted by atomic mass is 9.80. The third-order valence-electron chi connectivity index (χ3n) is 2.69. The molecule has 20 heavy (non-hydrogen) atoms. The molecule has 0 aliphatic rings. The Balaban J connectivity index is 2.58. The van der Waals surface area contributed by atoms with Crippen molar-refractivity contribution in [3.8, 4) is 0 Å². The van der Waals surface area contributed by atoms with Gasteiger partial charge in [0, 0.05) is 0 Å². The first-order valence-corrected chi connectivity index (χ1v) is 6.13. The highest BCUT2D eigenvalue weighted by atomic mass is 19.4. The van der Waals surface area contributed by atoms with Gasteiger partial charge in [0.25, 0.3) is 0 Å². The molecule has 1 aromatic heterocycles. The Hall–Kier alpha value is -1.92. The molecule has 0 aliphatic heterocycles. The minimum absolute atomic E-state index is 0.00543. The first kappa shape index (κ1) is 14.5. The lowest BCUT2D eigenvalue weighted by Crippen LogP contribution is -2.34. The molecule has 0 radical (unpaired) electrons. The number of hydrogen-bond acceptors (Lipinski definition) is 2. The van der Waals surface area contributed by atoms with Gasteiger partial charge in [0.2, 0.25) is 0 Å². The van der Waals surface area contributed by atoms with E-state index >= 15 is 0 Å². The van der Waals surface area contributed by atoms with Crippen LogP contribution in [0.5, 0.6) is 0 Å². The average molecular weight is 284 g/mol. The Morgan fingerprint density at radius 2 is 1.80 bits per heavy atom. The fraction of sp³-hybridized carbons (Fsp3) is 0.308. The Morgan fingerprint density at radius 1 is 1.20 bits per heavy atom. The van der Waals surface area contributed by atoms with Gasteiger partial charge in [-0.15, -0.1) is 0 Å². The van der Waals surface area contributed by atoms with Crippen LogP contribution in [0.4, 0.5) is 17.7 Å². The van der Waals surface area contributed by atoms with Crippen molar-refractivity contribution < 1.29 is 22.5 Å². The fourth-order valence-electron chi connectivity index (χ4n) is 1.93. The highest BCUT2D eigenvalue weighted by Gasteiger charge is 2.31. The second-order valence-corrected chi connectivity index (χ2v) is 5.53. The first-order chi connectivity index (χ1) is 9.09. The van der Waals surface area contributed by atoms with Crippen LogP contribution >= 0.6 is 0 Å². The Bertz CT molecular complexity index is 656. The van der Waals surface area contributed by atoms with Crippen LogP contribution in [0, 0.1) is 0 Å². The van der Waals surface area contributed by atoms with Gasteiger partial charge in [0.15, 0.2) is 0 Å². The summed E-state index contributed by atoms with van der Waals surface area (Å²) in [6, 6.07) is 5.90. The summed E-state index contributed by atoms with van der Waals surface area (Å²) >= 11 is 0. The van der Waals surface area contributed by atoms with Crippen LogP contribution in [0.25, 0.3) is 10.9 Å². The normalized spacial score (nSPS) is 12.7. The zero-order valence-corrected chi connectivity index (χ0v) is 11.4. The van der Waals surface area contributed by atoms with E-state index in [1.807, 2.05) is 0 Å². The van der Waals surface area contributed by atoms with Crippen molar-refractivity contribution in [1.29, 1.82) is 0 Å². The van der Waals surface area contributed by atoms with Crippen molar-refractivity contribution in [2.24, 2.45) is 0 Å². The molecular formula is C13H14BF3NO2-. The molecule has 0 unspecified atom stereocenters. The van der Waals surface area contributed by atoms with Crippen LogP contribution < -0.4 is 5.46 Å². The number of halogens is 3. The van der Waals surface area contributed by atoms with Gasteiger partial charge in [-0.2, -0.15) is 0 Å². The Morgan fingerprint density at radius 3 is 2.35 bits per heavy atom. The Kier molecular flexibility index (Phi) is 3.32. The molecule has 0 saturated carbocycles. The zero-order valence-electron chi connectivity index (χ0n) is 11.4. The molecule has 2 rings (SSSR count). The van der Waals surface area contributed by atoms with Crippen LogP contribution in [0.3, 0.4) is 0 Å². The SMILES string of the molecule is CC(C)(C)OC(=O)n1cc([B-](F)(F)F)c2ccccc21. The van der Waals surface area contributed by atoms with Crippen molar-refractivity contribution in [2.75, 3.05) is 0 Å². The third kappa shape index (κ3) is 2.81. The summed E-state index contributed by atoms with van der Waals surface area (Å²) in [6.45, 7) is -0.217. The second kappa shape index (κ2) is 4.57. The maximum atomic E-state index is 13.0. The van der Waals surface area contributed by atoms with Crippen molar-refractivity contribution >= 4 is 29.4 Å². The van der Waals surface area contributed by atoms with Crippen LogP contribution in [0.2, 0.25) is 0 Å². The van der Waals surface area contributed by atoms with E-state index < -0.39 is 24.1 Å². The molecule has 7 heteroatoms. The van der Waals surface area contributed by atoms with Gasteiger partial charge >= 0.3 is 13.1 Å². The molecule has 0 N–H and O–H groups in total. The molecule has 108 valence electrons. The summed E-state index contributed by atoms with van der Waals surface area (Å²) in [6.07, 6.45) is -0.0151. The molecule has 3 nitrogen and oxygen atoms in total. The van der Waals surface area contributed by atoms with E-state index in [9.17, 15) is 17.7 Å². The van der Waals surface area contributed by atoms with Crippen LogP contribution in [-0.2, 0) is 4.74 Å². The number of fused-ring (bicyclic) bond motifs is 1. The monoisotopic (exact) mass is 284 g/mol. The molecule has 0 amide bonds. The minimum Gasteiger partial charge on any atom is -0.445 e. The van der Waals surface area contributed by atoms with Crippen molar-refractivity contribution in [1.82, 2.24) is 4.57 Å². The van der Waals surface area contributed by atoms with E-state index in [1.54, 1.807) is 26.8 Å². The quantitative estimate of drug-likeness (QED) is 0.751. The van der Waals surface area contributed by atoms with E-state index in [4.69, 9.17) is 4.74 Å². The molecule has 2 aromatic rings. The number of carbonyl (C=O) groups excluding carboxylic acids is 1. The van der Waals surface area contributed by atoms with E-state index in [0.29, 0.717) is 0 Å². The summed E-state index contributed by atoms with van der Waals surface area (Å²) in [5, 5.41) is 0.00543. The largest absolute Gasteiger partial charge is 0.511 e. The highest BCUT2D eigenvalue weighted by Crippen LogP contribution is 2.21. The highest BCUT2D eigenvalue weighted by molar-refractivity contribution is 6.76. The summed E-state index contributed by atoms with van der Waals surface area (Å²) in [5.41, 5.74) is -1.37. The van der Waals surface area contributed by atoms with Gasteiger partial charge in [0.1, 0.15) is 5.60 Å². The van der Waals surface area contributed by atoms with Crippen LogP contribution in [0.1, 0.15) is 20.8 Å². The lowest BCUT2D eigenvalue weighted by Gasteiger charge is -2.19. The zero-order chi connectivity index (χ0) is 15.1. The van der Waals surface area contributed by atoms with Crippen molar-refractivity contribution in [3.05, 3.63) is 30.5 Å². The Labute approximate surface area is 114 Å². The predicted molar refractivity (Wildman–Crippen MR) is 72.3 cm³/mol. The van der Waals surface area contributed by atoms with Gasteiger partial charge in [-0.1, -0.05) is 23.7 Å². The molecule has 0 fully saturated rings. The maximum Gasteiger partial charge on any atom is 0.511 e. The molecule has 0 spiro atoms. The molecular weight excluding hydrogens is 270 g/mol. The van der Waals surface area contributed by atoms with Gasteiger partial charge in [0.05, 0.1) is 5.52 Å². The lowest BCUT2D eigenvalue weighted by molar-refractivity contribution is 0.0544. The topological polar surface area (TPSA) is 31.2 Å². The summed E-state index contributed by atoms with van der Waals surface area (Å²) in [5.74, 6) is 0. The van der Waals surface area contributed by atoms with E-state index in [-0.39, 0.29) is 10.9 Å². The van der Waals surface area contributed by atoms with E-state index in [2.05, 4.69) is 0 Å². The number of carbonyl (C=O) groups is 1. The van der Waals surface area contributed by atoms with Gasteiger partial charge < -0.3 is 17.7 Å². The predicted octanol–water partition coefficient (Wildman–Crippen LogP) is 3.48. The smallest absolute Gasteiger partial charge is 0.445 e. The summed E-state index contributed by atoms with van der Waals surface area (Å²) in [7, 11) is 0. The number of rotatable bonds is 1. The fourth-order valence-corrected chi connectivity index (χ4v) is 1.93. The maximum absolute atomic E-state index is 13.0. The number of para-hydroxylation sites is 1. The molecule has 0 aliphatic carbocycles. The van der Waals surface area contributed by atoms with E-state index in [0.717, 1.165) is 10.8 Å². The molecule has 1 aromatic carbocycles. The van der Waals surface area contributed by atoms with Crippen molar-refractivity contribution in [3.63, 3.8) is 0 Å². The molecule has 0 atom stereocenters. The number of nitrogens with zero attached hydrogens (tertiary/aromatic N) is 1. The van der Waals surface area contributed by atoms with E-state index in [1.165, 1.54) is 18.2 Å². The third-order valence-corrected chi connectivity index (χ3v) is 2.69. The average Bonchev–Trinajstić information content (AvgIpc) is 2.65. The number of benzene rings is 1. The van der Waals surface area contributed by atoms with Crippen LogP contribution in [0.15, 0.2) is 30.5 Å². The molecule has 0 bridgehead atoms.